The summed E-state index contributed by atoms with van der Waals surface area (Å²) in [7, 11) is 0. The van der Waals surface area contributed by atoms with Crippen LogP contribution in [-0.4, -0.2) is 37.7 Å². The van der Waals surface area contributed by atoms with Gasteiger partial charge < -0.3 is 18.9 Å². The molecule has 6 heteroatoms. The monoisotopic (exact) mass is 316 g/mol. The van der Waals surface area contributed by atoms with E-state index >= 15 is 0 Å². The molecule has 0 radical (unpaired) electrons. The number of hydrogen-bond acceptors (Lipinski definition) is 6. The van der Waals surface area contributed by atoms with E-state index in [4.69, 9.17) is 18.9 Å². The van der Waals surface area contributed by atoms with Gasteiger partial charge in [0.1, 0.15) is 13.2 Å². The predicted octanol–water partition coefficient (Wildman–Crippen LogP) is 2.64. The standard InChI is InChI=1S/C16H28O6/c1-5-11(3)7-13(17)21-15-9-20-16(10-19-15)22-14(18)8-12(4)6-2/h11-12,15-16H,5-10H2,1-4H3. The molecule has 22 heavy (non-hydrogen) atoms. The van der Waals surface area contributed by atoms with E-state index in [9.17, 15) is 9.59 Å². The van der Waals surface area contributed by atoms with Crippen LogP contribution in [-0.2, 0) is 28.5 Å². The van der Waals surface area contributed by atoms with Gasteiger partial charge in [-0.2, -0.15) is 0 Å². The minimum absolute atomic E-state index is 0.0769. The van der Waals surface area contributed by atoms with Crippen molar-refractivity contribution in [3.63, 3.8) is 0 Å². The lowest BCUT2D eigenvalue weighted by molar-refractivity contribution is -0.277. The maximum atomic E-state index is 11.7. The fourth-order valence-corrected chi connectivity index (χ4v) is 1.85. The van der Waals surface area contributed by atoms with E-state index in [-0.39, 0.29) is 37.0 Å². The van der Waals surface area contributed by atoms with Gasteiger partial charge in [0.25, 0.3) is 0 Å². The molecule has 0 amide bonds. The van der Waals surface area contributed by atoms with E-state index in [1.165, 1.54) is 0 Å². The smallest absolute Gasteiger partial charge is 0.308 e. The molecule has 6 nitrogen and oxygen atoms in total. The second kappa shape index (κ2) is 9.79. The van der Waals surface area contributed by atoms with Crippen LogP contribution < -0.4 is 0 Å². The lowest BCUT2D eigenvalue weighted by Crippen LogP contribution is -2.40. The highest BCUT2D eigenvalue weighted by molar-refractivity contribution is 5.70. The third kappa shape index (κ3) is 7.22. The first-order valence-corrected chi connectivity index (χ1v) is 8.06. The van der Waals surface area contributed by atoms with Crippen LogP contribution in [0.1, 0.15) is 53.4 Å². The maximum Gasteiger partial charge on any atom is 0.308 e. The number of carbonyl (C=O) groups excluding carboxylic acids is 2. The van der Waals surface area contributed by atoms with Crippen LogP contribution in [0.5, 0.6) is 0 Å². The Balaban J connectivity index is 2.23. The molecule has 4 atom stereocenters. The zero-order valence-electron chi connectivity index (χ0n) is 14.0. The molecule has 1 fully saturated rings. The highest BCUT2D eigenvalue weighted by atomic mass is 16.8. The van der Waals surface area contributed by atoms with Gasteiger partial charge in [0.15, 0.2) is 0 Å². The van der Waals surface area contributed by atoms with Crippen molar-refractivity contribution in [2.75, 3.05) is 13.2 Å². The SMILES string of the molecule is CCC(C)CC(=O)OC1COC(OC(=O)CC(C)CC)CO1. The van der Waals surface area contributed by atoms with Crippen LogP contribution in [0.3, 0.4) is 0 Å². The molecule has 1 rings (SSSR count). The summed E-state index contributed by atoms with van der Waals surface area (Å²) in [6.07, 6.45) is 1.13. The lowest BCUT2D eigenvalue weighted by atomic mass is 10.1. The minimum atomic E-state index is -0.721. The topological polar surface area (TPSA) is 71.1 Å². The lowest BCUT2D eigenvalue weighted by Gasteiger charge is -2.29. The fourth-order valence-electron chi connectivity index (χ4n) is 1.85. The highest BCUT2D eigenvalue weighted by Gasteiger charge is 2.28. The molecule has 4 unspecified atom stereocenters. The van der Waals surface area contributed by atoms with Gasteiger partial charge in [0.2, 0.25) is 12.6 Å². The molecule has 1 aliphatic heterocycles. The van der Waals surface area contributed by atoms with Gasteiger partial charge in [-0.3, -0.25) is 9.59 Å². The van der Waals surface area contributed by atoms with Crippen molar-refractivity contribution >= 4 is 11.9 Å². The largest absolute Gasteiger partial charge is 0.433 e. The third-order valence-corrected chi connectivity index (χ3v) is 3.79. The highest BCUT2D eigenvalue weighted by Crippen LogP contribution is 2.15. The van der Waals surface area contributed by atoms with E-state index in [1.807, 2.05) is 27.7 Å². The fraction of sp³-hybridized carbons (Fsp3) is 0.875. The summed E-state index contributed by atoms with van der Waals surface area (Å²) in [5.41, 5.74) is 0. The predicted molar refractivity (Wildman–Crippen MR) is 79.8 cm³/mol. The van der Waals surface area contributed by atoms with Crippen LogP contribution >= 0.6 is 0 Å². The quantitative estimate of drug-likeness (QED) is 0.641. The molecule has 1 saturated heterocycles. The van der Waals surface area contributed by atoms with Crippen LogP contribution in [0.4, 0.5) is 0 Å². The van der Waals surface area contributed by atoms with Gasteiger partial charge in [-0.05, 0) is 11.8 Å². The van der Waals surface area contributed by atoms with Crippen molar-refractivity contribution in [1.29, 1.82) is 0 Å². The van der Waals surface area contributed by atoms with Gasteiger partial charge in [0, 0.05) is 12.8 Å². The van der Waals surface area contributed by atoms with Crippen LogP contribution in [0, 0.1) is 11.8 Å². The van der Waals surface area contributed by atoms with Gasteiger partial charge in [-0.25, -0.2) is 0 Å². The number of hydrogen-bond donors (Lipinski definition) is 0. The normalized spacial score (nSPS) is 24.4. The van der Waals surface area contributed by atoms with E-state index in [1.54, 1.807) is 0 Å². The van der Waals surface area contributed by atoms with Gasteiger partial charge >= 0.3 is 11.9 Å². The molecule has 0 N–H and O–H groups in total. The second-order valence-corrected chi connectivity index (χ2v) is 5.94. The van der Waals surface area contributed by atoms with Gasteiger partial charge in [-0.1, -0.05) is 40.5 Å². The molecule has 0 aromatic rings. The Morgan fingerprint density at radius 3 is 1.55 bits per heavy atom. The molecule has 0 saturated carbocycles. The molecule has 1 aliphatic rings. The zero-order chi connectivity index (χ0) is 16.5. The minimum Gasteiger partial charge on any atom is -0.433 e. The number of esters is 2. The summed E-state index contributed by atoms with van der Waals surface area (Å²) in [6.45, 7) is 8.19. The van der Waals surface area contributed by atoms with Crippen molar-refractivity contribution < 1.29 is 28.5 Å². The van der Waals surface area contributed by atoms with Crippen LogP contribution in [0.15, 0.2) is 0 Å². The second-order valence-electron chi connectivity index (χ2n) is 5.94. The average Bonchev–Trinajstić information content (AvgIpc) is 2.48. The molecule has 1 heterocycles. The maximum absolute atomic E-state index is 11.7. The number of carbonyl (C=O) groups is 2. The zero-order valence-corrected chi connectivity index (χ0v) is 14.0. The molecule has 0 bridgehead atoms. The van der Waals surface area contributed by atoms with Crippen LogP contribution in [0.2, 0.25) is 0 Å². The van der Waals surface area contributed by atoms with Gasteiger partial charge in [-0.15, -0.1) is 0 Å². The Kier molecular flexibility index (Phi) is 8.42. The molecule has 0 aromatic carbocycles. The molecular formula is C16H28O6. The van der Waals surface area contributed by atoms with Crippen LogP contribution in [0.25, 0.3) is 0 Å². The summed E-state index contributed by atoms with van der Waals surface area (Å²) in [6, 6.07) is 0. The van der Waals surface area contributed by atoms with Gasteiger partial charge in [0.05, 0.1) is 0 Å². The first-order chi connectivity index (χ1) is 10.4. The first kappa shape index (κ1) is 18.9. The molecule has 128 valence electrons. The average molecular weight is 316 g/mol. The summed E-state index contributed by atoms with van der Waals surface area (Å²) in [4.78, 5) is 23.3. The van der Waals surface area contributed by atoms with E-state index < -0.39 is 12.6 Å². The van der Waals surface area contributed by atoms with Crippen molar-refractivity contribution in [1.82, 2.24) is 0 Å². The summed E-state index contributed by atoms with van der Waals surface area (Å²) >= 11 is 0. The number of rotatable bonds is 8. The number of ether oxygens (including phenoxy) is 4. The molecular weight excluding hydrogens is 288 g/mol. The Morgan fingerprint density at radius 2 is 1.27 bits per heavy atom. The molecule has 0 aliphatic carbocycles. The summed E-state index contributed by atoms with van der Waals surface area (Å²) in [5, 5.41) is 0. The summed E-state index contributed by atoms with van der Waals surface area (Å²) in [5.74, 6) is -0.0251. The van der Waals surface area contributed by atoms with E-state index in [2.05, 4.69) is 0 Å². The summed E-state index contributed by atoms with van der Waals surface area (Å²) < 4.78 is 21.1. The van der Waals surface area contributed by atoms with Crippen molar-refractivity contribution in [2.24, 2.45) is 11.8 Å². The Bertz CT molecular complexity index is 315. The molecule has 0 spiro atoms. The van der Waals surface area contributed by atoms with Crippen molar-refractivity contribution in [3.05, 3.63) is 0 Å². The molecule has 0 aromatic heterocycles. The Hall–Kier alpha value is -1.14. The van der Waals surface area contributed by atoms with Crippen molar-refractivity contribution in [3.8, 4) is 0 Å². The van der Waals surface area contributed by atoms with E-state index in [0.717, 1.165) is 12.8 Å². The first-order valence-electron chi connectivity index (χ1n) is 8.06. The van der Waals surface area contributed by atoms with Crippen molar-refractivity contribution in [2.45, 2.75) is 66.0 Å². The van der Waals surface area contributed by atoms with E-state index in [0.29, 0.717) is 12.8 Å². The third-order valence-electron chi connectivity index (χ3n) is 3.79. The Morgan fingerprint density at radius 1 is 0.909 bits per heavy atom. The Labute approximate surface area is 132 Å².